The minimum absolute atomic E-state index is 0.0585. The van der Waals surface area contributed by atoms with Crippen LogP contribution >= 0.6 is 8.25 Å². The third kappa shape index (κ3) is 6.64. The summed E-state index contributed by atoms with van der Waals surface area (Å²) in [4.78, 5) is 0. The van der Waals surface area contributed by atoms with Crippen LogP contribution in [0.5, 0.6) is 11.5 Å². The minimum Gasteiger partial charge on any atom is -0.497 e. The number of rotatable bonds is 13. The maximum atomic E-state index is 12.7. The van der Waals surface area contributed by atoms with Crippen molar-refractivity contribution in [1.82, 2.24) is 0 Å². The second-order valence-corrected chi connectivity index (χ2v) is 11.0. The zero-order chi connectivity index (χ0) is 28.7. The minimum atomic E-state index is -2.33. The average molecular weight is 582 g/mol. The fourth-order valence-electron chi connectivity index (χ4n) is 5.58. The molecule has 2 aliphatic rings. The smallest absolute Gasteiger partial charge is 0.497 e. The molecule has 3 aromatic carbocycles. The van der Waals surface area contributed by atoms with Crippen LogP contribution < -0.4 is 9.47 Å². The van der Waals surface area contributed by atoms with E-state index in [1.165, 1.54) is 0 Å². The van der Waals surface area contributed by atoms with Gasteiger partial charge in [0.25, 0.3) is 0 Å². The van der Waals surface area contributed by atoms with E-state index in [0.29, 0.717) is 26.1 Å². The summed E-state index contributed by atoms with van der Waals surface area (Å²) in [5.41, 5.74) is 1.85. The summed E-state index contributed by atoms with van der Waals surface area (Å²) in [5, 5.41) is 0. The first-order valence-electron chi connectivity index (χ1n) is 14.1. The van der Waals surface area contributed by atoms with E-state index >= 15 is 0 Å². The maximum Gasteiger partial charge on any atom is 0.697 e. The first-order valence-corrected chi connectivity index (χ1v) is 15.2. The highest BCUT2D eigenvalue weighted by Crippen LogP contribution is 2.44. The Morgan fingerprint density at radius 3 is 1.85 bits per heavy atom. The van der Waals surface area contributed by atoms with E-state index in [2.05, 4.69) is 12.1 Å². The molecule has 218 valence electrons. The molecule has 5 atom stereocenters. The molecule has 0 bridgehead atoms. The lowest BCUT2D eigenvalue weighted by Crippen LogP contribution is -2.41. The quantitative estimate of drug-likeness (QED) is 0.169. The highest BCUT2D eigenvalue weighted by atomic mass is 31.1. The van der Waals surface area contributed by atoms with Crippen molar-refractivity contribution in [2.24, 2.45) is 0 Å². The fraction of sp³-hybridized carbons (Fsp3) is 0.438. The second kappa shape index (κ2) is 13.9. The summed E-state index contributed by atoms with van der Waals surface area (Å²) < 4.78 is 53.9. The van der Waals surface area contributed by atoms with Gasteiger partial charge in [0.2, 0.25) is 0 Å². The highest BCUT2D eigenvalue weighted by molar-refractivity contribution is 7.33. The summed E-state index contributed by atoms with van der Waals surface area (Å²) in [6.45, 7) is 3.21. The van der Waals surface area contributed by atoms with Crippen molar-refractivity contribution in [2.45, 2.75) is 56.2 Å². The van der Waals surface area contributed by atoms with E-state index in [1.54, 1.807) is 14.2 Å². The van der Waals surface area contributed by atoms with Gasteiger partial charge in [-0.1, -0.05) is 61.5 Å². The fourth-order valence-corrected chi connectivity index (χ4v) is 6.37. The van der Waals surface area contributed by atoms with Gasteiger partial charge in [-0.3, -0.25) is 0 Å². The Morgan fingerprint density at radius 1 is 0.756 bits per heavy atom. The molecule has 41 heavy (non-hydrogen) atoms. The first-order chi connectivity index (χ1) is 20.1. The lowest BCUT2D eigenvalue weighted by molar-refractivity contribution is -0.0881. The molecule has 5 rings (SSSR count). The van der Waals surface area contributed by atoms with E-state index < -0.39 is 20.0 Å². The molecule has 0 spiro atoms. The Kier molecular flexibility index (Phi) is 10.0. The molecule has 2 saturated heterocycles. The topological polar surface area (TPSA) is 81.7 Å². The van der Waals surface area contributed by atoms with Crippen molar-refractivity contribution in [1.29, 1.82) is 0 Å². The molecule has 3 aromatic rings. The van der Waals surface area contributed by atoms with E-state index in [-0.39, 0.29) is 24.9 Å². The lowest BCUT2D eigenvalue weighted by Gasteiger charge is -2.39. The average Bonchev–Trinajstić information content (AvgIpc) is 3.68. The third-order valence-electron chi connectivity index (χ3n) is 7.77. The van der Waals surface area contributed by atoms with Crippen molar-refractivity contribution in [3.05, 3.63) is 95.6 Å². The van der Waals surface area contributed by atoms with Crippen molar-refractivity contribution in [3.63, 3.8) is 0 Å². The molecular weight excluding hydrogens is 543 g/mol. The third-order valence-corrected chi connectivity index (χ3v) is 8.57. The van der Waals surface area contributed by atoms with Gasteiger partial charge in [0, 0.05) is 24.2 Å². The Hall–Kier alpha value is -2.84. The number of methoxy groups -OCH3 is 2. The molecule has 2 heterocycles. The molecule has 2 aliphatic heterocycles. The largest absolute Gasteiger partial charge is 0.697 e. The van der Waals surface area contributed by atoms with Crippen molar-refractivity contribution >= 4 is 8.25 Å². The predicted molar refractivity (Wildman–Crippen MR) is 155 cm³/mol. The molecule has 3 unspecified atom stereocenters. The number of benzene rings is 3. The molecule has 0 aromatic heterocycles. The van der Waals surface area contributed by atoms with Crippen LogP contribution in [-0.4, -0.2) is 58.5 Å². The summed E-state index contributed by atoms with van der Waals surface area (Å²) in [6, 6.07) is 26.0. The van der Waals surface area contributed by atoms with E-state index in [1.807, 2.05) is 73.7 Å². The zero-order valence-corrected chi connectivity index (χ0v) is 24.7. The number of hydrogen-bond acceptors (Lipinski definition) is 8. The summed E-state index contributed by atoms with van der Waals surface area (Å²) in [6.07, 6.45) is 1.10. The van der Waals surface area contributed by atoms with E-state index in [4.69, 9.17) is 32.7 Å². The van der Waals surface area contributed by atoms with Gasteiger partial charge >= 0.3 is 8.25 Å². The Balaban J connectivity index is 1.44. The molecule has 9 heteroatoms. The lowest BCUT2D eigenvalue weighted by atomic mass is 9.79. The normalized spacial score (nSPS) is 23.0. The molecule has 0 N–H and O–H groups in total. The van der Waals surface area contributed by atoms with Crippen LogP contribution in [0.4, 0.5) is 0 Å². The van der Waals surface area contributed by atoms with Crippen molar-refractivity contribution < 1.29 is 37.3 Å². The van der Waals surface area contributed by atoms with Gasteiger partial charge in [0.05, 0.1) is 26.4 Å². The number of hydrogen-bond donors (Lipinski definition) is 0. The van der Waals surface area contributed by atoms with Crippen LogP contribution in [0.1, 0.15) is 42.9 Å². The molecule has 0 aliphatic carbocycles. The van der Waals surface area contributed by atoms with Gasteiger partial charge in [-0.2, -0.15) is 0 Å². The van der Waals surface area contributed by atoms with E-state index in [9.17, 15) is 4.57 Å². The van der Waals surface area contributed by atoms with Gasteiger partial charge in [-0.15, -0.1) is 9.05 Å². The summed E-state index contributed by atoms with van der Waals surface area (Å²) in [5.74, 6) is 1.50. The SMILES string of the molecule is CC[C@H]1OCCC1O[P+](=O)OC[C@H]1OCCC1OC(c1ccccc1)(c1ccc(OC)cc1)c1ccc(OC)cc1. The molecule has 0 amide bonds. The Bertz CT molecular complexity index is 1200. The van der Waals surface area contributed by atoms with Crippen LogP contribution in [0.15, 0.2) is 78.9 Å². The predicted octanol–water partition coefficient (Wildman–Crippen LogP) is 6.43. The number of ether oxygens (including phenoxy) is 5. The Morgan fingerprint density at radius 2 is 1.29 bits per heavy atom. The molecule has 0 saturated carbocycles. The second-order valence-electron chi connectivity index (χ2n) is 10.1. The standard InChI is InChI=1S/C32H38O8P/c1-4-28-30(19-21-36-28)40-41(33)38-22-31-29(18-20-37-31)39-32(23-8-6-5-7-9-23,24-10-14-26(34-2)15-11-24)25-12-16-27(35-3)17-13-25/h5-17,28-31H,4,18-22H2,1-3H3/q+1/t28-,29?,30?,31-/m1/s1. The van der Waals surface area contributed by atoms with Gasteiger partial charge in [0.15, 0.2) is 0 Å². The molecule has 8 nitrogen and oxygen atoms in total. The van der Waals surface area contributed by atoms with Gasteiger partial charge in [-0.05, 0) is 53.8 Å². The van der Waals surface area contributed by atoms with Crippen LogP contribution in [0.25, 0.3) is 0 Å². The highest BCUT2D eigenvalue weighted by Gasteiger charge is 2.45. The molecule has 0 radical (unpaired) electrons. The Labute approximate surface area is 242 Å². The van der Waals surface area contributed by atoms with Gasteiger partial charge < -0.3 is 23.7 Å². The first kappa shape index (κ1) is 29.6. The molecule has 2 fully saturated rings. The maximum absolute atomic E-state index is 12.7. The van der Waals surface area contributed by atoms with Crippen LogP contribution in [0.3, 0.4) is 0 Å². The van der Waals surface area contributed by atoms with Crippen molar-refractivity contribution in [2.75, 3.05) is 34.0 Å². The van der Waals surface area contributed by atoms with Crippen LogP contribution in [0.2, 0.25) is 0 Å². The summed E-state index contributed by atoms with van der Waals surface area (Å²) in [7, 11) is 0.970. The van der Waals surface area contributed by atoms with Crippen LogP contribution in [0, 0.1) is 0 Å². The van der Waals surface area contributed by atoms with Crippen LogP contribution in [-0.2, 0) is 33.4 Å². The van der Waals surface area contributed by atoms with Gasteiger partial charge in [-0.25, -0.2) is 0 Å². The zero-order valence-electron chi connectivity index (χ0n) is 23.8. The monoisotopic (exact) mass is 581 g/mol. The van der Waals surface area contributed by atoms with Gasteiger partial charge in [0.1, 0.15) is 35.9 Å². The van der Waals surface area contributed by atoms with E-state index in [0.717, 1.165) is 34.6 Å². The van der Waals surface area contributed by atoms with Crippen molar-refractivity contribution in [3.8, 4) is 11.5 Å². The molecular formula is C32H38O8P+. The summed E-state index contributed by atoms with van der Waals surface area (Å²) >= 11 is 0.